The van der Waals surface area contributed by atoms with Crippen LogP contribution in [0.25, 0.3) is 0 Å². The van der Waals surface area contributed by atoms with Gasteiger partial charge in [0.05, 0.1) is 18.2 Å². The number of benzene rings is 2. The SMILES string of the molecule is CCCCc1ccccc1O[C@@H](C)CO.COC(=O)[C@@H](C)O.Oc1cc(F)ccc1Br. The number of carbonyl (C=O) groups excluding carboxylic acids is 1. The summed E-state index contributed by atoms with van der Waals surface area (Å²) in [5.74, 6) is -0.196. The highest BCUT2D eigenvalue weighted by molar-refractivity contribution is 9.10. The number of aryl methyl sites for hydroxylation is 1. The third kappa shape index (κ3) is 13.0. The minimum absolute atomic E-state index is 0.0577. The number of methoxy groups -OCH3 is 1. The van der Waals surface area contributed by atoms with E-state index in [2.05, 4.69) is 33.7 Å². The summed E-state index contributed by atoms with van der Waals surface area (Å²) < 4.78 is 22.4. The number of rotatable bonds is 7. The molecule has 0 fully saturated rings. The minimum Gasteiger partial charge on any atom is -0.507 e. The molecule has 2 aromatic carbocycles. The van der Waals surface area contributed by atoms with E-state index in [1.165, 1.54) is 44.6 Å². The predicted molar refractivity (Wildman–Crippen MR) is 122 cm³/mol. The van der Waals surface area contributed by atoms with Crippen LogP contribution < -0.4 is 4.74 Å². The van der Waals surface area contributed by atoms with E-state index in [9.17, 15) is 9.18 Å². The van der Waals surface area contributed by atoms with Crippen LogP contribution in [0.5, 0.6) is 11.5 Å². The molecule has 3 N–H and O–H groups in total. The van der Waals surface area contributed by atoms with Crippen LogP contribution in [0.4, 0.5) is 4.39 Å². The molecule has 0 aliphatic heterocycles. The van der Waals surface area contributed by atoms with E-state index in [1.807, 2.05) is 25.1 Å². The number of hydrogen-bond acceptors (Lipinski definition) is 6. The van der Waals surface area contributed by atoms with Gasteiger partial charge in [0.15, 0.2) is 0 Å². The third-order valence-corrected chi connectivity index (χ3v) is 4.48. The summed E-state index contributed by atoms with van der Waals surface area (Å²) in [5, 5.41) is 26.1. The van der Waals surface area contributed by atoms with Gasteiger partial charge in [-0.2, -0.15) is 0 Å². The van der Waals surface area contributed by atoms with Crippen molar-refractivity contribution in [3.63, 3.8) is 0 Å². The van der Waals surface area contributed by atoms with Crippen LogP contribution in [0.1, 0.15) is 39.2 Å². The number of ether oxygens (including phenoxy) is 2. The zero-order valence-corrected chi connectivity index (χ0v) is 19.9. The molecule has 0 saturated heterocycles. The Morgan fingerprint density at radius 2 is 1.84 bits per heavy atom. The van der Waals surface area contributed by atoms with Crippen LogP contribution in [-0.4, -0.2) is 47.2 Å². The smallest absolute Gasteiger partial charge is 0.334 e. The van der Waals surface area contributed by atoms with Crippen LogP contribution >= 0.6 is 15.9 Å². The molecule has 174 valence electrons. The molecule has 2 aromatic rings. The second kappa shape index (κ2) is 16.5. The van der Waals surface area contributed by atoms with Gasteiger partial charge in [-0.3, -0.25) is 0 Å². The monoisotopic (exact) mass is 502 g/mol. The van der Waals surface area contributed by atoms with Crippen molar-refractivity contribution in [3.8, 4) is 11.5 Å². The second-order valence-electron chi connectivity index (χ2n) is 6.62. The summed E-state index contributed by atoms with van der Waals surface area (Å²) in [5.41, 5.74) is 1.24. The fraction of sp³-hybridized carbons (Fsp3) is 0.435. The average molecular weight is 503 g/mol. The zero-order valence-electron chi connectivity index (χ0n) is 18.3. The molecule has 0 aliphatic rings. The standard InChI is InChI=1S/C13H20O2.C6H4BrFO.C4H8O3/c1-3-4-7-12-8-5-6-9-13(12)15-11(2)10-14;7-5-2-1-4(8)3-6(5)9;1-3(5)4(6)7-2/h5-6,8-9,11,14H,3-4,7,10H2,1-2H3;1-3,9H;3,5H,1-2H3/t11-;;3-/m0.1/s1. The van der Waals surface area contributed by atoms with Crippen LogP contribution in [0.15, 0.2) is 46.9 Å². The van der Waals surface area contributed by atoms with Crippen molar-refractivity contribution in [2.75, 3.05) is 13.7 Å². The van der Waals surface area contributed by atoms with Crippen molar-refractivity contribution >= 4 is 21.9 Å². The van der Waals surface area contributed by atoms with Gasteiger partial charge in [-0.15, -0.1) is 0 Å². The maximum atomic E-state index is 12.2. The highest BCUT2D eigenvalue weighted by Gasteiger charge is 2.06. The average Bonchev–Trinajstić information content (AvgIpc) is 2.76. The number of hydrogen-bond donors (Lipinski definition) is 3. The zero-order chi connectivity index (χ0) is 23.8. The third-order valence-electron chi connectivity index (χ3n) is 3.81. The van der Waals surface area contributed by atoms with E-state index >= 15 is 0 Å². The molecule has 31 heavy (non-hydrogen) atoms. The lowest BCUT2D eigenvalue weighted by atomic mass is 10.1. The maximum Gasteiger partial charge on any atom is 0.334 e. The maximum absolute atomic E-state index is 12.2. The number of para-hydroxylation sites is 1. The number of phenolic OH excluding ortho intramolecular Hbond substituents is 1. The molecule has 2 atom stereocenters. The van der Waals surface area contributed by atoms with Crippen LogP contribution in [-0.2, 0) is 16.0 Å². The van der Waals surface area contributed by atoms with Gasteiger partial charge in [0.2, 0.25) is 0 Å². The number of aliphatic hydroxyl groups is 2. The molecule has 0 unspecified atom stereocenters. The number of aliphatic hydroxyl groups excluding tert-OH is 2. The van der Waals surface area contributed by atoms with Gasteiger partial charge >= 0.3 is 5.97 Å². The quantitative estimate of drug-likeness (QED) is 0.478. The predicted octanol–water partition coefficient (Wildman–Crippen LogP) is 4.62. The molecule has 0 heterocycles. The molecule has 0 radical (unpaired) electrons. The number of carbonyl (C=O) groups is 1. The molecule has 0 spiro atoms. The van der Waals surface area contributed by atoms with Crippen molar-refractivity contribution in [1.29, 1.82) is 0 Å². The Hall–Kier alpha value is -2.16. The Kier molecular flexibility index (Phi) is 15.4. The van der Waals surface area contributed by atoms with Gasteiger partial charge in [0, 0.05) is 6.07 Å². The fourth-order valence-corrected chi connectivity index (χ4v) is 2.35. The summed E-state index contributed by atoms with van der Waals surface area (Å²) in [6.07, 6.45) is 2.28. The Morgan fingerprint density at radius 3 is 2.29 bits per heavy atom. The topological polar surface area (TPSA) is 96.2 Å². The van der Waals surface area contributed by atoms with E-state index < -0.39 is 17.9 Å². The van der Waals surface area contributed by atoms with Crippen molar-refractivity contribution in [2.24, 2.45) is 0 Å². The molecule has 8 heteroatoms. The number of halogens is 2. The Bertz CT molecular complexity index is 769. The molecule has 0 bridgehead atoms. The lowest BCUT2D eigenvalue weighted by Crippen LogP contribution is -2.17. The summed E-state index contributed by atoms with van der Waals surface area (Å²) in [6.45, 7) is 5.46. The lowest BCUT2D eigenvalue weighted by molar-refractivity contribution is -0.149. The van der Waals surface area contributed by atoms with Gasteiger partial charge in [-0.1, -0.05) is 31.5 Å². The van der Waals surface area contributed by atoms with Crippen molar-refractivity contribution in [3.05, 3.63) is 58.3 Å². The normalized spacial score (nSPS) is 11.7. The summed E-state index contributed by atoms with van der Waals surface area (Å²) in [7, 11) is 1.23. The lowest BCUT2D eigenvalue weighted by Gasteiger charge is -2.15. The van der Waals surface area contributed by atoms with Crippen molar-refractivity contribution in [1.82, 2.24) is 0 Å². The number of esters is 1. The summed E-state index contributed by atoms with van der Waals surface area (Å²) in [6, 6.07) is 11.8. The van der Waals surface area contributed by atoms with E-state index in [4.69, 9.17) is 20.1 Å². The first kappa shape index (κ1) is 28.8. The first-order valence-electron chi connectivity index (χ1n) is 9.91. The Balaban J connectivity index is 0.000000479. The number of phenols is 1. The van der Waals surface area contributed by atoms with Crippen molar-refractivity contribution < 1.29 is 34.0 Å². The number of unbranched alkanes of at least 4 members (excludes halogenated alkanes) is 1. The summed E-state index contributed by atoms with van der Waals surface area (Å²) >= 11 is 3.01. The van der Waals surface area contributed by atoms with Gasteiger partial charge in [-0.25, -0.2) is 9.18 Å². The highest BCUT2D eigenvalue weighted by atomic mass is 79.9. The Morgan fingerprint density at radius 1 is 1.19 bits per heavy atom. The molecule has 0 aliphatic carbocycles. The summed E-state index contributed by atoms with van der Waals surface area (Å²) in [4.78, 5) is 10.0. The Labute approximate surface area is 191 Å². The van der Waals surface area contributed by atoms with Gasteiger partial charge in [0.1, 0.15) is 29.5 Å². The van der Waals surface area contributed by atoms with Crippen LogP contribution in [0.2, 0.25) is 0 Å². The molecule has 2 rings (SSSR count). The van der Waals surface area contributed by atoms with Gasteiger partial charge in [-0.05, 0) is 66.4 Å². The molecule has 0 saturated carbocycles. The first-order valence-corrected chi connectivity index (χ1v) is 10.7. The molecule has 6 nitrogen and oxygen atoms in total. The van der Waals surface area contributed by atoms with Gasteiger partial charge in [0.25, 0.3) is 0 Å². The van der Waals surface area contributed by atoms with Crippen molar-refractivity contribution in [2.45, 2.75) is 52.2 Å². The van der Waals surface area contributed by atoms with Gasteiger partial charge < -0.3 is 24.8 Å². The molecule has 0 aromatic heterocycles. The second-order valence-corrected chi connectivity index (χ2v) is 7.47. The number of aromatic hydroxyl groups is 1. The minimum atomic E-state index is -0.995. The van der Waals surface area contributed by atoms with E-state index in [0.29, 0.717) is 4.47 Å². The van der Waals surface area contributed by atoms with Crippen LogP contribution in [0.3, 0.4) is 0 Å². The van der Waals surface area contributed by atoms with E-state index in [-0.39, 0.29) is 18.5 Å². The largest absolute Gasteiger partial charge is 0.507 e. The molecular weight excluding hydrogens is 471 g/mol. The molecular formula is C23H32BrFO6. The fourth-order valence-electron chi connectivity index (χ4n) is 2.10. The first-order chi connectivity index (χ1) is 14.7. The van der Waals surface area contributed by atoms with E-state index in [1.54, 1.807) is 0 Å². The molecule has 0 amide bonds. The highest BCUT2D eigenvalue weighted by Crippen LogP contribution is 2.23. The van der Waals surface area contributed by atoms with Crippen LogP contribution in [0, 0.1) is 5.82 Å². The van der Waals surface area contributed by atoms with E-state index in [0.717, 1.165) is 18.2 Å².